The smallest absolute Gasteiger partial charge is 0.407 e. The van der Waals surface area contributed by atoms with Crippen LogP contribution in [0.5, 0.6) is 5.75 Å². The molecule has 0 fully saturated rings. The maximum Gasteiger partial charge on any atom is 0.407 e. The van der Waals surface area contributed by atoms with Crippen molar-refractivity contribution >= 4 is 6.09 Å². The van der Waals surface area contributed by atoms with Crippen molar-refractivity contribution in [1.82, 2.24) is 10.3 Å². The third-order valence-electron chi connectivity index (χ3n) is 2.49. The molecule has 1 heterocycles. The zero-order chi connectivity index (χ0) is 15.2. The summed E-state index contributed by atoms with van der Waals surface area (Å²) in [5.74, 6) is 0.693. The first-order valence-electron chi connectivity index (χ1n) is 6.52. The quantitative estimate of drug-likeness (QED) is 0.853. The topological polar surface area (TPSA) is 86.5 Å². The van der Waals surface area contributed by atoms with E-state index in [-0.39, 0.29) is 6.04 Å². The summed E-state index contributed by atoms with van der Waals surface area (Å²) in [4.78, 5) is 15.9. The van der Waals surface area contributed by atoms with E-state index in [4.69, 9.17) is 15.2 Å². The van der Waals surface area contributed by atoms with Gasteiger partial charge < -0.3 is 20.5 Å². The number of carbonyl (C=O) groups excluding carboxylic acids is 1. The molecule has 1 aromatic heterocycles. The lowest BCUT2D eigenvalue weighted by atomic mass is 10.1. The van der Waals surface area contributed by atoms with Gasteiger partial charge in [-0.2, -0.15) is 0 Å². The number of rotatable bonds is 5. The van der Waals surface area contributed by atoms with Crippen molar-refractivity contribution < 1.29 is 14.3 Å². The molecule has 6 nitrogen and oxygen atoms in total. The van der Waals surface area contributed by atoms with Gasteiger partial charge in [-0.1, -0.05) is 0 Å². The molecule has 0 aliphatic heterocycles. The summed E-state index contributed by atoms with van der Waals surface area (Å²) in [6, 6.07) is 3.45. The average Bonchev–Trinajstić information content (AvgIpc) is 2.36. The van der Waals surface area contributed by atoms with E-state index in [1.54, 1.807) is 13.3 Å². The fraction of sp³-hybridized carbons (Fsp3) is 0.571. The average molecular weight is 281 g/mol. The molecule has 0 aromatic carbocycles. The van der Waals surface area contributed by atoms with Crippen LogP contribution in [0.4, 0.5) is 4.79 Å². The van der Waals surface area contributed by atoms with Crippen LogP contribution in [0.3, 0.4) is 0 Å². The molecule has 3 N–H and O–H groups in total. The first-order valence-corrected chi connectivity index (χ1v) is 6.52. The van der Waals surface area contributed by atoms with Crippen molar-refractivity contribution in [3.05, 3.63) is 24.0 Å². The molecular formula is C14H23N3O3. The molecule has 0 saturated heterocycles. The zero-order valence-corrected chi connectivity index (χ0v) is 12.5. The van der Waals surface area contributed by atoms with Gasteiger partial charge in [-0.25, -0.2) is 4.79 Å². The number of alkyl carbamates (subject to hydrolysis) is 1. The predicted molar refractivity (Wildman–Crippen MR) is 76.7 cm³/mol. The van der Waals surface area contributed by atoms with Gasteiger partial charge in [0, 0.05) is 24.7 Å². The maximum absolute atomic E-state index is 11.7. The Morgan fingerprint density at radius 2 is 2.15 bits per heavy atom. The highest BCUT2D eigenvalue weighted by Gasteiger charge is 2.19. The molecule has 0 spiro atoms. The molecule has 1 unspecified atom stereocenters. The summed E-state index contributed by atoms with van der Waals surface area (Å²) in [5, 5.41) is 2.74. The summed E-state index contributed by atoms with van der Waals surface area (Å²) in [5.41, 5.74) is 5.97. The van der Waals surface area contributed by atoms with E-state index in [9.17, 15) is 4.79 Å². The van der Waals surface area contributed by atoms with Gasteiger partial charge in [0.2, 0.25) is 0 Å². The maximum atomic E-state index is 11.7. The molecule has 0 aliphatic rings. The Morgan fingerprint density at radius 1 is 1.45 bits per heavy atom. The second kappa shape index (κ2) is 7.09. The number of nitrogens with two attached hydrogens (primary N) is 1. The molecule has 1 amide bonds. The van der Waals surface area contributed by atoms with Crippen molar-refractivity contribution in [2.45, 2.75) is 38.8 Å². The van der Waals surface area contributed by atoms with Crippen LogP contribution in [0.1, 0.15) is 26.5 Å². The van der Waals surface area contributed by atoms with E-state index in [1.165, 1.54) is 0 Å². The van der Waals surface area contributed by atoms with Crippen LogP contribution in [0.2, 0.25) is 0 Å². The van der Waals surface area contributed by atoms with E-state index in [2.05, 4.69) is 10.3 Å². The van der Waals surface area contributed by atoms with Gasteiger partial charge in [0.1, 0.15) is 11.4 Å². The van der Waals surface area contributed by atoms with Gasteiger partial charge >= 0.3 is 6.09 Å². The van der Waals surface area contributed by atoms with Crippen LogP contribution in [-0.4, -0.2) is 36.4 Å². The summed E-state index contributed by atoms with van der Waals surface area (Å²) >= 11 is 0. The van der Waals surface area contributed by atoms with Crippen LogP contribution < -0.4 is 15.8 Å². The summed E-state index contributed by atoms with van der Waals surface area (Å²) in [6.07, 6.45) is 1.71. The summed E-state index contributed by atoms with van der Waals surface area (Å²) < 4.78 is 10.2. The van der Waals surface area contributed by atoms with E-state index in [0.29, 0.717) is 18.7 Å². The van der Waals surface area contributed by atoms with E-state index < -0.39 is 11.7 Å². The van der Waals surface area contributed by atoms with E-state index in [1.807, 2.05) is 32.9 Å². The first kappa shape index (κ1) is 16.2. The number of pyridine rings is 1. The Labute approximate surface area is 119 Å². The molecule has 0 radical (unpaired) electrons. The molecule has 1 rings (SSSR count). The fourth-order valence-corrected chi connectivity index (χ4v) is 1.57. The standard InChI is InChI=1S/C14H23N3O3/c1-14(2,3)20-13(18)17-11(8-15)7-10-5-6-12(19-4)9-16-10/h5-6,9,11H,7-8,15H2,1-4H3,(H,17,18). The van der Waals surface area contributed by atoms with E-state index >= 15 is 0 Å². The molecule has 1 atom stereocenters. The molecule has 1 aromatic rings. The Balaban J connectivity index is 2.55. The van der Waals surface area contributed by atoms with Crippen LogP contribution in [0, 0.1) is 0 Å². The lowest BCUT2D eigenvalue weighted by Crippen LogP contribution is -2.44. The first-order chi connectivity index (χ1) is 9.34. The molecule has 0 aliphatic carbocycles. The summed E-state index contributed by atoms with van der Waals surface area (Å²) in [7, 11) is 1.59. The van der Waals surface area contributed by atoms with Gasteiger partial charge in [-0.3, -0.25) is 4.98 Å². The third-order valence-corrected chi connectivity index (χ3v) is 2.49. The number of hydrogen-bond donors (Lipinski definition) is 2. The number of nitrogens with one attached hydrogen (secondary N) is 1. The number of nitrogens with zero attached hydrogens (tertiary/aromatic N) is 1. The Kier molecular flexibility index (Phi) is 5.76. The lowest BCUT2D eigenvalue weighted by molar-refractivity contribution is 0.0505. The Morgan fingerprint density at radius 3 is 2.60 bits per heavy atom. The highest BCUT2D eigenvalue weighted by atomic mass is 16.6. The number of ether oxygens (including phenoxy) is 2. The van der Waals surface area contributed by atoms with E-state index in [0.717, 1.165) is 5.69 Å². The minimum Gasteiger partial charge on any atom is -0.495 e. The van der Waals surface area contributed by atoms with Crippen molar-refractivity contribution in [2.75, 3.05) is 13.7 Å². The Hall–Kier alpha value is -1.82. The highest BCUT2D eigenvalue weighted by molar-refractivity contribution is 5.68. The zero-order valence-electron chi connectivity index (χ0n) is 12.5. The lowest BCUT2D eigenvalue weighted by Gasteiger charge is -2.22. The molecule has 0 saturated carbocycles. The SMILES string of the molecule is COc1ccc(CC(CN)NC(=O)OC(C)(C)C)nc1. The van der Waals surface area contributed by atoms with Gasteiger partial charge in [0.15, 0.2) is 0 Å². The molecule has 112 valence electrons. The molecule has 6 heteroatoms. The van der Waals surface area contributed by atoms with Gasteiger partial charge in [0.25, 0.3) is 0 Å². The number of aromatic nitrogens is 1. The summed E-state index contributed by atoms with van der Waals surface area (Å²) in [6.45, 7) is 5.76. The minimum absolute atomic E-state index is 0.217. The number of methoxy groups -OCH3 is 1. The second-order valence-corrected chi connectivity index (χ2v) is 5.47. The van der Waals surface area contributed by atoms with Crippen molar-refractivity contribution in [1.29, 1.82) is 0 Å². The van der Waals surface area contributed by atoms with Crippen molar-refractivity contribution in [3.8, 4) is 5.75 Å². The molecule has 0 bridgehead atoms. The van der Waals surface area contributed by atoms with Crippen LogP contribution >= 0.6 is 0 Å². The normalized spacial score (nSPS) is 12.7. The predicted octanol–water partition coefficient (Wildman–Crippen LogP) is 1.48. The minimum atomic E-state index is -0.526. The van der Waals surface area contributed by atoms with Gasteiger partial charge in [-0.15, -0.1) is 0 Å². The van der Waals surface area contributed by atoms with Crippen LogP contribution in [0.25, 0.3) is 0 Å². The number of amides is 1. The number of carbonyl (C=O) groups is 1. The van der Waals surface area contributed by atoms with Gasteiger partial charge in [-0.05, 0) is 32.9 Å². The Bertz CT molecular complexity index is 426. The van der Waals surface area contributed by atoms with Crippen molar-refractivity contribution in [2.24, 2.45) is 5.73 Å². The third kappa shape index (κ3) is 5.88. The van der Waals surface area contributed by atoms with Crippen LogP contribution in [-0.2, 0) is 11.2 Å². The highest BCUT2D eigenvalue weighted by Crippen LogP contribution is 2.10. The monoisotopic (exact) mass is 281 g/mol. The van der Waals surface area contributed by atoms with Crippen LogP contribution in [0.15, 0.2) is 18.3 Å². The number of hydrogen-bond acceptors (Lipinski definition) is 5. The second-order valence-electron chi connectivity index (χ2n) is 5.47. The largest absolute Gasteiger partial charge is 0.495 e. The fourth-order valence-electron chi connectivity index (χ4n) is 1.57. The van der Waals surface area contributed by atoms with Crippen molar-refractivity contribution in [3.63, 3.8) is 0 Å². The van der Waals surface area contributed by atoms with Gasteiger partial charge in [0.05, 0.1) is 13.3 Å². The molecular weight excluding hydrogens is 258 g/mol. The molecule has 20 heavy (non-hydrogen) atoms.